The van der Waals surface area contributed by atoms with Gasteiger partial charge in [0.15, 0.2) is 0 Å². The van der Waals surface area contributed by atoms with Gasteiger partial charge in [0, 0.05) is 6.54 Å². The molecule has 0 heterocycles. The van der Waals surface area contributed by atoms with Crippen molar-refractivity contribution in [1.82, 2.24) is 4.72 Å². The lowest BCUT2D eigenvalue weighted by molar-refractivity contribution is 0.0988. The largest absolute Gasteiger partial charge is 0.394 e. The molecule has 108 valence electrons. The molecule has 0 spiro atoms. The maximum absolute atomic E-state index is 12.3. The Morgan fingerprint density at radius 3 is 2.05 bits per heavy atom. The van der Waals surface area contributed by atoms with Gasteiger partial charge in [0.2, 0.25) is 10.0 Å². The standard InChI is InChI=1S/C13H21NO4S/c1-8-5-9(2)11(4)13(10(8)3)19(17,18)14-6-12(16)7-15/h5,12,14-16H,6-7H2,1-4H3. The summed E-state index contributed by atoms with van der Waals surface area (Å²) < 4.78 is 26.9. The van der Waals surface area contributed by atoms with Gasteiger partial charge in [0.25, 0.3) is 0 Å². The normalized spacial score (nSPS) is 13.6. The van der Waals surface area contributed by atoms with E-state index in [1.807, 2.05) is 19.9 Å². The topological polar surface area (TPSA) is 86.6 Å². The number of aliphatic hydroxyl groups is 2. The third kappa shape index (κ3) is 3.54. The summed E-state index contributed by atoms with van der Waals surface area (Å²) >= 11 is 0. The molecule has 1 atom stereocenters. The lowest BCUT2D eigenvalue weighted by Crippen LogP contribution is -2.34. The van der Waals surface area contributed by atoms with E-state index in [0.29, 0.717) is 11.1 Å². The number of aliphatic hydroxyl groups excluding tert-OH is 2. The van der Waals surface area contributed by atoms with Gasteiger partial charge in [0.1, 0.15) is 0 Å². The highest BCUT2D eigenvalue weighted by Gasteiger charge is 2.22. The van der Waals surface area contributed by atoms with E-state index in [0.717, 1.165) is 11.1 Å². The summed E-state index contributed by atoms with van der Waals surface area (Å²) in [6, 6.07) is 1.95. The molecule has 0 bridgehead atoms. The van der Waals surface area contributed by atoms with Crippen LogP contribution in [0.15, 0.2) is 11.0 Å². The Morgan fingerprint density at radius 2 is 1.63 bits per heavy atom. The Balaban J connectivity index is 3.22. The van der Waals surface area contributed by atoms with E-state index < -0.39 is 22.7 Å². The predicted octanol–water partition coefficient (Wildman–Crippen LogP) is 0.552. The molecule has 1 aromatic rings. The van der Waals surface area contributed by atoms with Gasteiger partial charge >= 0.3 is 0 Å². The van der Waals surface area contributed by atoms with Gasteiger partial charge in [-0.2, -0.15) is 0 Å². The molecule has 1 aromatic carbocycles. The van der Waals surface area contributed by atoms with E-state index in [2.05, 4.69) is 4.72 Å². The number of benzene rings is 1. The van der Waals surface area contributed by atoms with Crippen LogP contribution in [0.3, 0.4) is 0 Å². The molecule has 0 aromatic heterocycles. The smallest absolute Gasteiger partial charge is 0.241 e. The maximum Gasteiger partial charge on any atom is 0.241 e. The number of nitrogens with one attached hydrogen (secondary N) is 1. The first-order valence-corrected chi connectivity index (χ1v) is 7.55. The molecule has 5 nitrogen and oxygen atoms in total. The van der Waals surface area contributed by atoms with Crippen LogP contribution in [0.1, 0.15) is 22.3 Å². The van der Waals surface area contributed by atoms with Gasteiger partial charge < -0.3 is 10.2 Å². The van der Waals surface area contributed by atoms with Crippen molar-refractivity contribution < 1.29 is 18.6 Å². The molecule has 0 aliphatic carbocycles. The Morgan fingerprint density at radius 1 is 1.16 bits per heavy atom. The summed E-state index contributed by atoms with van der Waals surface area (Å²) in [6.07, 6.45) is -1.10. The molecule has 1 rings (SSSR count). The highest BCUT2D eigenvalue weighted by molar-refractivity contribution is 7.89. The van der Waals surface area contributed by atoms with Crippen molar-refractivity contribution in [3.63, 3.8) is 0 Å². The van der Waals surface area contributed by atoms with Gasteiger partial charge in [-0.15, -0.1) is 0 Å². The number of rotatable bonds is 5. The minimum Gasteiger partial charge on any atom is -0.394 e. The van der Waals surface area contributed by atoms with Gasteiger partial charge in [-0.3, -0.25) is 0 Å². The average Bonchev–Trinajstić information content (AvgIpc) is 2.33. The third-order valence-corrected chi connectivity index (χ3v) is 4.98. The van der Waals surface area contributed by atoms with Gasteiger partial charge in [-0.1, -0.05) is 6.07 Å². The number of hydrogen-bond acceptors (Lipinski definition) is 4. The number of aryl methyl sites for hydroxylation is 2. The Kier molecular flexibility index (Phi) is 5.09. The lowest BCUT2D eigenvalue weighted by atomic mass is 10.0. The zero-order valence-corrected chi connectivity index (χ0v) is 12.5. The van der Waals surface area contributed by atoms with Crippen LogP contribution >= 0.6 is 0 Å². The molecule has 0 fully saturated rings. The molecule has 0 saturated carbocycles. The molecular weight excluding hydrogens is 266 g/mol. The molecule has 19 heavy (non-hydrogen) atoms. The van der Waals surface area contributed by atoms with Crippen molar-refractivity contribution in [3.05, 3.63) is 28.3 Å². The van der Waals surface area contributed by atoms with Crippen LogP contribution in [0.4, 0.5) is 0 Å². The van der Waals surface area contributed by atoms with Crippen LogP contribution in [-0.4, -0.2) is 37.9 Å². The fraction of sp³-hybridized carbons (Fsp3) is 0.538. The maximum atomic E-state index is 12.3. The second kappa shape index (κ2) is 6.00. The summed E-state index contributed by atoms with van der Waals surface area (Å²) in [5.74, 6) is 0. The van der Waals surface area contributed by atoms with Crippen molar-refractivity contribution in [2.45, 2.75) is 38.7 Å². The van der Waals surface area contributed by atoms with Gasteiger partial charge in [-0.05, 0) is 49.9 Å². The van der Waals surface area contributed by atoms with Crippen molar-refractivity contribution in [3.8, 4) is 0 Å². The predicted molar refractivity (Wildman–Crippen MR) is 73.7 cm³/mol. The number of sulfonamides is 1. The van der Waals surface area contributed by atoms with E-state index in [4.69, 9.17) is 5.11 Å². The summed E-state index contributed by atoms with van der Waals surface area (Å²) in [7, 11) is -3.69. The molecule has 0 radical (unpaired) electrons. The molecule has 0 aliphatic rings. The van der Waals surface area contributed by atoms with E-state index in [1.54, 1.807) is 13.8 Å². The SMILES string of the molecule is Cc1cc(C)c(C)c(S(=O)(=O)NCC(O)CO)c1C. The fourth-order valence-electron chi connectivity index (χ4n) is 1.93. The van der Waals surface area contributed by atoms with Crippen LogP contribution in [0.2, 0.25) is 0 Å². The van der Waals surface area contributed by atoms with Crippen LogP contribution in [0, 0.1) is 27.7 Å². The van der Waals surface area contributed by atoms with E-state index in [1.165, 1.54) is 0 Å². The van der Waals surface area contributed by atoms with Crippen molar-refractivity contribution >= 4 is 10.0 Å². The van der Waals surface area contributed by atoms with Crippen LogP contribution in [-0.2, 0) is 10.0 Å². The quantitative estimate of drug-likeness (QED) is 0.738. The van der Waals surface area contributed by atoms with Crippen molar-refractivity contribution in [1.29, 1.82) is 0 Å². The molecule has 0 amide bonds. The van der Waals surface area contributed by atoms with E-state index in [9.17, 15) is 13.5 Å². The Bertz CT molecular complexity index is 540. The second-order valence-corrected chi connectivity index (χ2v) is 6.48. The Hall–Kier alpha value is -0.950. The summed E-state index contributed by atoms with van der Waals surface area (Å²) in [5.41, 5.74) is 3.22. The van der Waals surface area contributed by atoms with E-state index >= 15 is 0 Å². The highest BCUT2D eigenvalue weighted by Crippen LogP contribution is 2.25. The monoisotopic (exact) mass is 287 g/mol. The summed E-state index contributed by atoms with van der Waals surface area (Å²) in [6.45, 7) is 6.57. The summed E-state index contributed by atoms with van der Waals surface area (Å²) in [5, 5.41) is 18.0. The fourth-order valence-corrected chi connectivity index (χ4v) is 3.61. The number of hydrogen-bond donors (Lipinski definition) is 3. The minimum absolute atomic E-state index is 0.204. The minimum atomic E-state index is -3.69. The first kappa shape index (κ1) is 16.1. The summed E-state index contributed by atoms with van der Waals surface area (Å²) in [4.78, 5) is 0.259. The van der Waals surface area contributed by atoms with Crippen LogP contribution in [0.5, 0.6) is 0 Å². The second-order valence-electron chi connectivity index (χ2n) is 4.78. The van der Waals surface area contributed by atoms with Crippen LogP contribution in [0.25, 0.3) is 0 Å². The van der Waals surface area contributed by atoms with Crippen LogP contribution < -0.4 is 4.72 Å². The van der Waals surface area contributed by atoms with Crippen molar-refractivity contribution in [2.75, 3.05) is 13.2 Å². The molecule has 6 heteroatoms. The van der Waals surface area contributed by atoms with Gasteiger partial charge in [-0.25, -0.2) is 13.1 Å². The third-order valence-electron chi connectivity index (χ3n) is 3.29. The highest BCUT2D eigenvalue weighted by atomic mass is 32.2. The van der Waals surface area contributed by atoms with Crippen molar-refractivity contribution in [2.24, 2.45) is 0 Å². The average molecular weight is 287 g/mol. The molecule has 0 aliphatic heterocycles. The Labute approximate surface area is 114 Å². The van der Waals surface area contributed by atoms with E-state index in [-0.39, 0.29) is 11.4 Å². The molecule has 3 N–H and O–H groups in total. The molecule has 1 unspecified atom stereocenters. The van der Waals surface area contributed by atoms with Gasteiger partial charge in [0.05, 0.1) is 17.6 Å². The zero-order chi connectivity index (χ0) is 14.8. The first-order chi connectivity index (χ1) is 8.70. The zero-order valence-electron chi connectivity index (χ0n) is 11.7. The first-order valence-electron chi connectivity index (χ1n) is 6.06. The molecular formula is C13H21NO4S. The lowest BCUT2D eigenvalue weighted by Gasteiger charge is -2.17. The molecule has 0 saturated heterocycles.